The van der Waals surface area contributed by atoms with Gasteiger partial charge in [-0.05, 0) is 19.1 Å². The van der Waals surface area contributed by atoms with E-state index in [2.05, 4.69) is 25.1 Å². The number of pyridine rings is 1. The second kappa shape index (κ2) is 6.30. The number of rotatable bonds is 5. The first-order valence-electron chi connectivity index (χ1n) is 6.82. The summed E-state index contributed by atoms with van der Waals surface area (Å²) in [6, 6.07) is 7.00. The number of aromatic amines is 1. The van der Waals surface area contributed by atoms with E-state index >= 15 is 0 Å². The number of hydrogen-bond donors (Lipinski definition) is 1. The van der Waals surface area contributed by atoms with Crippen molar-refractivity contribution in [2.24, 2.45) is 0 Å². The number of nitrogens with zero attached hydrogens (tertiary/aromatic N) is 3. The largest absolute Gasteiger partial charge is 0.472 e. The smallest absolute Gasteiger partial charge is 0.356 e. The average Bonchev–Trinajstić information content (AvgIpc) is 3.20. The summed E-state index contributed by atoms with van der Waals surface area (Å²) >= 11 is 0. The number of aryl methyl sites for hydroxylation is 1. The Morgan fingerprint density at radius 1 is 1.39 bits per heavy atom. The van der Waals surface area contributed by atoms with Gasteiger partial charge in [-0.25, -0.2) is 4.79 Å². The number of hydrogen-bond acceptors (Lipinski definition) is 7. The molecule has 0 aliphatic carbocycles. The number of carbonyl (C=O) groups is 1. The molecule has 3 aromatic rings. The minimum Gasteiger partial charge on any atom is -0.472 e. The molecule has 3 heterocycles. The molecule has 0 saturated heterocycles. The van der Waals surface area contributed by atoms with Gasteiger partial charge < -0.3 is 14.0 Å². The van der Waals surface area contributed by atoms with Crippen molar-refractivity contribution < 1.29 is 18.8 Å². The second-order valence-corrected chi connectivity index (χ2v) is 4.68. The topological polar surface area (TPSA) is 103 Å². The predicted molar refractivity (Wildman–Crippen MR) is 78.7 cm³/mol. The van der Waals surface area contributed by atoms with Gasteiger partial charge in [0, 0.05) is 12.3 Å². The van der Waals surface area contributed by atoms with Crippen LogP contribution in [0.4, 0.5) is 0 Å². The molecule has 0 aromatic carbocycles. The predicted octanol–water partition coefficient (Wildman–Crippen LogP) is 2.13. The molecule has 1 N–H and O–H groups in total. The molecule has 8 heteroatoms. The fraction of sp³-hybridized carbons (Fsp3) is 0.200. The lowest BCUT2D eigenvalue weighted by Gasteiger charge is -2.03. The Hall–Kier alpha value is -3.16. The summed E-state index contributed by atoms with van der Waals surface area (Å²) in [6.45, 7) is 1.98. The minimum absolute atomic E-state index is 0.187. The molecule has 0 saturated carbocycles. The summed E-state index contributed by atoms with van der Waals surface area (Å²) in [5, 5.41) is 10.5. The Balaban J connectivity index is 1.77. The molecule has 3 aromatic heterocycles. The summed E-state index contributed by atoms with van der Waals surface area (Å²) < 4.78 is 15.4. The van der Waals surface area contributed by atoms with E-state index < -0.39 is 5.97 Å². The van der Waals surface area contributed by atoms with Crippen molar-refractivity contribution in [3.05, 3.63) is 47.5 Å². The Bertz CT molecular complexity index is 810. The van der Waals surface area contributed by atoms with Crippen LogP contribution in [0.2, 0.25) is 0 Å². The van der Waals surface area contributed by atoms with Crippen LogP contribution in [-0.2, 0) is 11.3 Å². The maximum Gasteiger partial charge on any atom is 0.356 e. The van der Waals surface area contributed by atoms with E-state index in [1.807, 2.05) is 18.2 Å². The number of aromatic nitrogens is 4. The highest BCUT2D eigenvalue weighted by Gasteiger charge is 2.17. The van der Waals surface area contributed by atoms with Gasteiger partial charge in [-0.2, -0.15) is 0 Å². The lowest BCUT2D eigenvalue weighted by molar-refractivity contribution is 0.0594. The zero-order valence-corrected chi connectivity index (χ0v) is 12.6. The molecule has 0 radical (unpaired) electrons. The fourth-order valence-electron chi connectivity index (χ4n) is 2.00. The van der Waals surface area contributed by atoms with E-state index in [9.17, 15) is 4.79 Å². The molecule has 3 rings (SSSR count). The fourth-order valence-corrected chi connectivity index (χ4v) is 2.00. The normalized spacial score (nSPS) is 10.5. The number of methoxy groups -OCH3 is 1. The van der Waals surface area contributed by atoms with Crippen molar-refractivity contribution in [2.75, 3.05) is 7.11 Å². The zero-order valence-electron chi connectivity index (χ0n) is 12.6. The van der Waals surface area contributed by atoms with Gasteiger partial charge in [0.1, 0.15) is 23.8 Å². The van der Waals surface area contributed by atoms with Gasteiger partial charge in [0.2, 0.25) is 5.88 Å². The number of ether oxygens (including phenoxy) is 2. The standard InChI is InChI=1S/C15H14N4O4/c1-9-10(14(19-23-9)11-5-3-4-6-16-11)8-22-13-7-12(17-18-13)15(20)21-2/h3-7H,8H2,1-2H3,(H,17,18). The third-order valence-electron chi connectivity index (χ3n) is 3.22. The second-order valence-electron chi connectivity index (χ2n) is 4.68. The number of esters is 1. The monoisotopic (exact) mass is 314 g/mol. The highest BCUT2D eigenvalue weighted by Crippen LogP contribution is 2.24. The van der Waals surface area contributed by atoms with E-state index in [0.717, 1.165) is 5.56 Å². The first-order valence-corrected chi connectivity index (χ1v) is 6.82. The van der Waals surface area contributed by atoms with Crippen LogP contribution in [0.1, 0.15) is 21.8 Å². The van der Waals surface area contributed by atoms with Crippen LogP contribution in [-0.4, -0.2) is 33.4 Å². The molecule has 0 spiro atoms. The molecular weight excluding hydrogens is 300 g/mol. The molecule has 0 atom stereocenters. The van der Waals surface area contributed by atoms with Gasteiger partial charge in [-0.1, -0.05) is 11.2 Å². The van der Waals surface area contributed by atoms with Crippen LogP contribution < -0.4 is 4.74 Å². The van der Waals surface area contributed by atoms with E-state index in [0.29, 0.717) is 17.1 Å². The molecule has 0 aliphatic rings. The molecule has 23 heavy (non-hydrogen) atoms. The summed E-state index contributed by atoms with van der Waals surface area (Å²) in [6.07, 6.45) is 1.68. The van der Waals surface area contributed by atoms with Gasteiger partial charge >= 0.3 is 5.97 Å². The molecule has 0 unspecified atom stereocenters. The molecule has 118 valence electrons. The van der Waals surface area contributed by atoms with Crippen molar-refractivity contribution >= 4 is 5.97 Å². The first kappa shape index (κ1) is 14.8. The molecule has 0 bridgehead atoms. The minimum atomic E-state index is -0.511. The van der Waals surface area contributed by atoms with Crippen molar-refractivity contribution in [3.8, 4) is 17.3 Å². The molecule has 0 amide bonds. The Kier molecular flexibility index (Phi) is 4.05. The van der Waals surface area contributed by atoms with Gasteiger partial charge in [0.05, 0.1) is 18.4 Å². The molecule has 8 nitrogen and oxygen atoms in total. The highest BCUT2D eigenvalue weighted by atomic mass is 16.5. The summed E-state index contributed by atoms with van der Waals surface area (Å²) in [7, 11) is 1.29. The lowest BCUT2D eigenvalue weighted by Crippen LogP contribution is -2.00. The number of carbonyl (C=O) groups excluding carboxylic acids is 1. The highest BCUT2D eigenvalue weighted by molar-refractivity contribution is 5.87. The molecular formula is C15H14N4O4. The zero-order chi connectivity index (χ0) is 16.2. The van der Waals surface area contributed by atoms with Crippen molar-refractivity contribution in [3.63, 3.8) is 0 Å². The summed E-state index contributed by atoms with van der Waals surface area (Å²) in [5.74, 6) is 0.398. The van der Waals surface area contributed by atoms with Crippen LogP contribution in [0.5, 0.6) is 5.88 Å². The van der Waals surface area contributed by atoms with E-state index in [4.69, 9.17) is 9.26 Å². The molecule has 0 fully saturated rings. The SMILES string of the molecule is COC(=O)c1cc(OCc2c(-c3ccccn3)noc2C)n[nH]1. The third kappa shape index (κ3) is 3.05. The van der Waals surface area contributed by atoms with Gasteiger partial charge in [-0.15, -0.1) is 5.10 Å². The van der Waals surface area contributed by atoms with Crippen LogP contribution in [0.15, 0.2) is 35.0 Å². The number of H-pyrrole nitrogens is 1. The third-order valence-corrected chi connectivity index (χ3v) is 3.22. The average molecular weight is 314 g/mol. The van der Waals surface area contributed by atoms with Crippen molar-refractivity contribution in [1.82, 2.24) is 20.3 Å². The Labute approximate surface area is 131 Å². The van der Waals surface area contributed by atoms with E-state index in [-0.39, 0.29) is 18.2 Å². The van der Waals surface area contributed by atoms with Gasteiger partial charge in [0.25, 0.3) is 0 Å². The van der Waals surface area contributed by atoms with Crippen LogP contribution >= 0.6 is 0 Å². The Morgan fingerprint density at radius 3 is 3.00 bits per heavy atom. The number of nitrogens with one attached hydrogen (secondary N) is 1. The van der Waals surface area contributed by atoms with Crippen LogP contribution in [0, 0.1) is 6.92 Å². The maximum atomic E-state index is 11.4. The van der Waals surface area contributed by atoms with Crippen LogP contribution in [0.3, 0.4) is 0 Å². The van der Waals surface area contributed by atoms with Crippen molar-refractivity contribution in [1.29, 1.82) is 0 Å². The van der Waals surface area contributed by atoms with E-state index in [1.165, 1.54) is 13.2 Å². The van der Waals surface area contributed by atoms with Gasteiger partial charge in [-0.3, -0.25) is 10.1 Å². The van der Waals surface area contributed by atoms with Crippen LogP contribution in [0.25, 0.3) is 11.4 Å². The van der Waals surface area contributed by atoms with E-state index in [1.54, 1.807) is 13.1 Å². The molecule has 0 aliphatic heterocycles. The summed E-state index contributed by atoms with van der Waals surface area (Å²) in [5.41, 5.74) is 2.30. The Morgan fingerprint density at radius 2 is 2.26 bits per heavy atom. The van der Waals surface area contributed by atoms with Gasteiger partial charge in [0.15, 0.2) is 0 Å². The quantitative estimate of drug-likeness (QED) is 0.719. The first-order chi connectivity index (χ1) is 11.2. The lowest BCUT2D eigenvalue weighted by atomic mass is 10.1. The summed E-state index contributed by atoms with van der Waals surface area (Å²) in [4.78, 5) is 15.6. The maximum absolute atomic E-state index is 11.4. The van der Waals surface area contributed by atoms with Crippen molar-refractivity contribution in [2.45, 2.75) is 13.5 Å².